The first-order chi connectivity index (χ1) is 18.4. The highest BCUT2D eigenvalue weighted by Gasteiger charge is 1.99. The summed E-state index contributed by atoms with van der Waals surface area (Å²) in [4.78, 5) is 0. The number of hydrogen-bond donors (Lipinski definition) is 0. The third kappa shape index (κ3) is 20.2. The molecule has 0 saturated heterocycles. The van der Waals surface area contributed by atoms with E-state index >= 15 is 0 Å². The summed E-state index contributed by atoms with van der Waals surface area (Å²) < 4.78 is 16.4. The maximum Gasteiger partial charge on any atom is 0.122 e. The van der Waals surface area contributed by atoms with Gasteiger partial charge in [-0.2, -0.15) is 0 Å². The summed E-state index contributed by atoms with van der Waals surface area (Å²) >= 11 is 0. The standard InChI is InChI=1S/2C10H14O.C9H12O.3C2H6/c1-8(2)11-10-7-5-4-6-9(10)3;1-3-8-11-10-7-5-4-6-9(10)2;1-3-10-9-7-5-4-6-8(9)2;3*1-2/h4-8H,1-3H3;4-7H,3,8H2,1-2H3;4-7H,3H2,1-2H3;3*1-2H3. The van der Waals surface area contributed by atoms with Crippen molar-refractivity contribution in [3.63, 3.8) is 0 Å². The Hall–Kier alpha value is -2.94. The van der Waals surface area contributed by atoms with Crippen molar-refractivity contribution in [3.05, 3.63) is 89.5 Å². The van der Waals surface area contributed by atoms with E-state index in [1.165, 1.54) is 16.7 Å². The van der Waals surface area contributed by atoms with Gasteiger partial charge < -0.3 is 14.2 Å². The Kier molecular flexibility index (Phi) is 29.8. The zero-order valence-electron chi connectivity index (χ0n) is 26.9. The molecular weight excluding hydrogens is 468 g/mol. The second-order valence-corrected chi connectivity index (χ2v) is 7.74. The molecule has 0 atom stereocenters. The highest BCUT2D eigenvalue weighted by Crippen LogP contribution is 2.18. The summed E-state index contributed by atoms with van der Waals surface area (Å²) in [6.07, 6.45) is 1.32. The molecule has 0 heterocycles. The lowest BCUT2D eigenvalue weighted by molar-refractivity contribution is 0.241. The van der Waals surface area contributed by atoms with Crippen molar-refractivity contribution in [2.75, 3.05) is 13.2 Å². The number of rotatable bonds is 7. The number of ether oxygens (including phenoxy) is 3. The quantitative estimate of drug-likeness (QED) is 0.306. The lowest BCUT2D eigenvalue weighted by Gasteiger charge is -2.11. The zero-order chi connectivity index (χ0) is 29.8. The Balaban J connectivity index is -0.000000439. The minimum absolute atomic E-state index is 0.260. The molecule has 0 N–H and O–H groups in total. The van der Waals surface area contributed by atoms with Gasteiger partial charge in [0.05, 0.1) is 19.3 Å². The molecular formula is C35H58O3. The molecule has 0 unspecified atom stereocenters. The number of aryl methyl sites for hydroxylation is 3. The smallest absolute Gasteiger partial charge is 0.122 e. The molecule has 0 aromatic heterocycles. The van der Waals surface area contributed by atoms with Gasteiger partial charge in [-0.1, -0.05) is 103 Å². The molecule has 3 heteroatoms. The van der Waals surface area contributed by atoms with E-state index in [9.17, 15) is 0 Å². The van der Waals surface area contributed by atoms with Crippen LogP contribution in [0.2, 0.25) is 0 Å². The van der Waals surface area contributed by atoms with Crippen LogP contribution in [0.15, 0.2) is 72.8 Å². The first kappa shape index (κ1) is 39.6. The van der Waals surface area contributed by atoms with Crippen molar-refractivity contribution in [1.29, 1.82) is 0 Å². The second kappa shape index (κ2) is 28.6. The van der Waals surface area contributed by atoms with Crippen LogP contribution in [0.1, 0.15) is 92.3 Å². The van der Waals surface area contributed by atoms with E-state index in [1.54, 1.807) is 0 Å². The molecule has 3 aromatic rings. The fourth-order valence-electron chi connectivity index (χ4n) is 2.75. The first-order valence-electron chi connectivity index (χ1n) is 14.5. The van der Waals surface area contributed by atoms with Gasteiger partial charge in [0, 0.05) is 0 Å². The van der Waals surface area contributed by atoms with Crippen molar-refractivity contribution >= 4 is 0 Å². The molecule has 0 spiro atoms. The van der Waals surface area contributed by atoms with Gasteiger partial charge in [0.15, 0.2) is 0 Å². The van der Waals surface area contributed by atoms with Crippen LogP contribution in [-0.2, 0) is 0 Å². The molecule has 216 valence electrons. The molecule has 38 heavy (non-hydrogen) atoms. The Morgan fingerprint density at radius 2 is 0.868 bits per heavy atom. The van der Waals surface area contributed by atoms with Crippen molar-refractivity contribution in [1.82, 2.24) is 0 Å². The van der Waals surface area contributed by atoms with E-state index in [-0.39, 0.29) is 6.10 Å². The minimum Gasteiger partial charge on any atom is -0.494 e. The predicted octanol–water partition coefficient (Wildman–Crippen LogP) is 11.0. The summed E-state index contributed by atoms with van der Waals surface area (Å²) in [7, 11) is 0. The molecule has 0 radical (unpaired) electrons. The molecule has 3 nitrogen and oxygen atoms in total. The molecule has 3 aromatic carbocycles. The van der Waals surface area contributed by atoms with Gasteiger partial charge in [0.2, 0.25) is 0 Å². The minimum atomic E-state index is 0.260. The van der Waals surface area contributed by atoms with E-state index in [0.29, 0.717) is 0 Å². The van der Waals surface area contributed by atoms with E-state index < -0.39 is 0 Å². The van der Waals surface area contributed by atoms with Crippen molar-refractivity contribution in [3.8, 4) is 17.2 Å². The number of hydrogen-bond acceptors (Lipinski definition) is 3. The van der Waals surface area contributed by atoms with Crippen LogP contribution in [0.4, 0.5) is 0 Å². The molecule has 0 amide bonds. The van der Waals surface area contributed by atoms with Gasteiger partial charge in [-0.3, -0.25) is 0 Å². The first-order valence-corrected chi connectivity index (χ1v) is 14.5. The van der Waals surface area contributed by atoms with Crippen LogP contribution < -0.4 is 14.2 Å². The van der Waals surface area contributed by atoms with E-state index in [4.69, 9.17) is 14.2 Å². The molecule has 0 fully saturated rings. The molecule has 0 aliphatic rings. The fraction of sp³-hybridized carbons (Fsp3) is 0.486. The van der Waals surface area contributed by atoms with Crippen LogP contribution in [0.25, 0.3) is 0 Å². The number of benzene rings is 3. The molecule has 3 rings (SSSR count). The largest absolute Gasteiger partial charge is 0.494 e. The normalized spacial score (nSPS) is 8.68. The summed E-state index contributed by atoms with van der Waals surface area (Å²) in [6, 6.07) is 24.2. The summed E-state index contributed by atoms with van der Waals surface area (Å²) in [5.41, 5.74) is 3.60. The summed E-state index contributed by atoms with van der Waals surface area (Å²) in [5.74, 6) is 2.99. The van der Waals surface area contributed by atoms with Crippen LogP contribution in [-0.4, -0.2) is 19.3 Å². The predicted molar refractivity (Wildman–Crippen MR) is 170 cm³/mol. The molecule has 0 bridgehead atoms. The van der Waals surface area contributed by atoms with Crippen LogP contribution in [0.3, 0.4) is 0 Å². The van der Waals surface area contributed by atoms with Gasteiger partial charge in [-0.15, -0.1) is 0 Å². The van der Waals surface area contributed by atoms with Crippen LogP contribution in [0.5, 0.6) is 17.2 Å². The number of para-hydroxylation sites is 3. The Bertz CT molecular complexity index is 888. The maximum absolute atomic E-state index is 5.54. The van der Waals surface area contributed by atoms with Crippen LogP contribution in [0, 0.1) is 20.8 Å². The van der Waals surface area contributed by atoms with Crippen LogP contribution >= 0.6 is 0 Å². The summed E-state index contributed by atoms with van der Waals surface area (Å²) in [5, 5.41) is 0. The van der Waals surface area contributed by atoms with E-state index in [0.717, 1.165) is 36.9 Å². The second-order valence-electron chi connectivity index (χ2n) is 7.74. The van der Waals surface area contributed by atoms with E-state index in [2.05, 4.69) is 32.9 Å². The lowest BCUT2D eigenvalue weighted by Crippen LogP contribution is -2.06. The van der Waals surface area contributed by atoms with Crippen molar-refractivity contribution in [2.24, 2.45) is 0 Å². The molecule has 0 saturated carbocycles. The van der Waals surface area contributed by atoms with Crippen molar-refractivity contribution in [2.45, 2.75) is 103 Å². The van der Waals surface area contributed by atoms with Gasteiger partial charge >= 0.3 is 0 Å². The van der Waals surface area contributed by atoms with Gasteiger partial charge in [-0.05, 0) is 82.9 Å². The molecule has 0 aliphatic heterocycles. The topological polar surface area (TPSA) is 27.7 Å². The zero-order valence-corrected chi connectivity index (χ0v) is 26.9. The van der Waals surface area contributed by atoms with Gasteiger partial charge in [0.1, 0.15) is 17.2 Å². The fourth-order valence-corrected chi connectivity index (χ4v) is 2.75. The maximum atomic E-state index is 5.54. The Morgan fingerprint density at radius 3 is 1.18 bits per heavy atom. The summed E-state index contributed by atoms with van der Waals surface area (Å²) in [6.45, 7) is 27.9. The highest BCUT2D eigenvalue weighted by molar-refractivity contribution is 5.33. The SMILES string of the molecule is CC.CC.CC.CCCOc1ccccc1C.CCOc1ccccc1C.Cc1ccccc1OC(C)C. The third-order valence-corrected chi connectivity index (χ3v) is 4.40. The average molecular weight is 527 g/mol. The Labute approximate surface area is 236 Å². The van der Waals surface area contributed by atoms with Crippen molar-refractivity contribution < 1.29 is 14.2 Å². The molecule has 0 aliphatic carbocycles. The Morgan fingerprint density at radius 1 is 0.526 bits per heavy atom. The monoisotopic (exact) mass is 526 g/mol. The van der Waals surface area contributed by atoms with E-state index in [1.807, 2.05) is 130 Å². The lowest BCUT2D eigenvalue weighted by atomic mass is 10.2. The van der Waals surface area contributed by atoms with Gasteiger partial charge in [0.25, 0.3) is 0 Å². The third-order valence-electron chi connectivity index (χ3n) is 4.40. The highest BCUT2D eigenvalue weighted by atomic mass is 16.5. The van der Waals surface area contributed by atoms with Gasteiger partial charge in [-0.25, -0.2) is 0 Å². The average Bonchev–Trinajstić information content (AvgIpc) is 2.95.